The summed E-state index contributed by atoms with van der Waals surface area (Å²) >= 11 is 0. The van der Waals surface area contributed by atoms with Gasteiger partial charge in [-0.25, -0.2) is 8.42 Å². The van der Waals surface area contributed by atoms with Gasteiger partial charge in [-0.2, -0.15) is 14.8 Å². The Morgan fingerprint density at radius 2 is 1.67 bits per heavy atom. The molecule has 2 aromatic rings. The molecule has 1 aliphatic rings. The van der Waals surface area contributed by atoms with E-state index in [0.717, 1.165) is 11.3 Å². The van der Waals surface area contributed by atoms with Crippen LogP contribution in [0.5, 0.6) is 0 Å². The van der Waals surface area contributed by atoms with Crippen LogP contribution in [0.25, 0.3) is 0 Å². The van der Waals surface area contributed by atoms with E-state index in [4.69, 9.17) is 0 Å². The molecule has 7 heteroatoms. The third kappa shape index (κ3) is 3.47. The van der Waals surface area contributed by atoms with Gasteiger partial charge in [-0.05, 0) is 36.8 Å². The quantitative estimate of drug-likeness (QED) is 0.687. The molecule has 30 heavy (non-hydrogen) atoms. The molecule has 2 unspecified atom stereocenters. The van der Waals surface area contributed by atoms with Gasteiger partial charge in [0.05, 0.1) is 23.1 Å². The van der Waals surface area contributed by atoms with E-state index < -0.39 is 27.5 Å². The number of sulfonamides is 1. The molecule has 0 spiro atoms. The van der Waals surface area contributed by atoms with Crippen LogP contribution in [0.3, 0.4) is 0 Å². The summed E-state index contributed by atoms with van der Waals surface area (Å²) in [5.41, 5.74) is 0.957. The molecule has 1 aliphatic heterocycles. The number of aryl methyl sites for hydroxylation is 1. The lowest BCUT2D eigenvalue weighted by molar-refractivity contribution is 0.318. The lowest BCUT2D eigenvalue weighted by Crippen LogP contribution is -2.38. The van der Waals surface area contributed by atoms with E-state index in [9.17, 15) is 18.9 Å². The number of hydrogen-bond acceptors (Lipinski definition) is 5. The minimum Gasteiger partial charge on any atom is -0.378 e. The Kier molecular flexibility index (Phi) is 5.72. The monoisotopic (exact) mass is 420 g/mol. The first-order valence-corrected chi connectivity index (χ1v) is 11.0. The second-order valence-corrected chi connectivity index (χ2v) is 9.58. The van der Waals surface area contributed by atoms with Gasteiger partial charge in [0, 0.05) is 32.2 Å². The SMILES string of the molecule is C=CC1CC(C#N)(C#N)C(c2ccc(N(C)C)cc2)N1S(=O)(=O)c1ccc(C)cc1. The van der Waals surface area contributed by atoms with Gasteiger partial charge in [0.25, 0.3) is 0 Å². The van der Waals surface area contributed by atoms with Crippen LogP contribution in [0, 0.1) is 35.0 Å². The Morgan fingerprint density at radius 1 is 1.10 bits per heavy atom. The minimum absolute atomic E-state index is 0.0642. The summed E-state index contributed by atoms with van der Waals surface area (Å²) in [7, 11) is -0.174. The summed E-state index contributed by atoms with van der Waals surface area (Å²) in [5, 5.41) is 19.9. The molecular weight excluding hydrogens is 396 g/mol. The number of benzene rings is 2. The lowest BCUT2D eigenvalue weighted by Gasteiger charge is -2.31. The first-order chi connectivity index (χ1) is 14.2. The highest BCUT2D eigenvalue weighted by molar-refractivity contribution is 7.89. The van der Waals surface area contributed by atoms with Crippen molar-refractivity contribution in [3.05, 3.63) is 72.3 Å². The maximum Gasteiger partial charge on any atom is 0.244 e. The van der Waals surface area contributed by atoms with E-state index in [2.05, 4.69) is 18.7 Å². The molecule has 2 aromatic carbocycles. The molecule has 3 rings (SSSR count). The van der Waals surface area contributed by atoms with Crippen LogP contribution in [0.1, 0.15) is 23.6 Å². The fraction of sp³-hybridized carbons (Fsp3) is 0.304. The first kappa shape index (κ1) is 21.6. The van der Waals surface area contributed by atoms with Crippen molar-refractivity contribution < 1.29 is 8.42 Å². The fourth-order valence-electron chi connectivity index (χ4n) is 3.90. The summed E-state index contributed by atoms with van der Waals surface area (Å²) in [5.74, 6) is 0. The Balaban J connectivity index is 2.21. The number of nitrogens with zero attached hydrogens (tertiary/aromatic N) is 4. The average molecular weight is 421 g/mol. The van der Waals surface area contributed by atoms with Gasteiger partial charge in [-0.15, -0.1) is 6.58 Å². The summed E-state index contributed by atoms with van der Waals surface area (Å²) in [6.45, 7) is 5.66. The van der Waals surface area contributed by atoms with Gasteiger partial charge in [0.2, 0.25) is 10.0 Å². The predicted octanol–water partition coefficient (Wildman–Crippen LogP) is 3.78. The van der Waals surface area contributed by atoms with E-state index in [-0.39, 0.29) is 11.3 Å². The van der Waals surface area contributed by atoms with E-state index in [0.29, 0.717) is 5.56 Å². The number of rotatable bonds is 5. The van der Waals surface area contributed by atoms with Crippen molar-refractivity contribution in [1.82, 2.24) is 4.31 Å². The highest BCUT2D eigenvalue weighted by atomic mass is 32.2. The van der Waals surface area contributed by atoms with Crippen molar-refractivity contribution >= 4 is 15.7 Å². The van der Waals surface area contributed by atoms with Gasteiger partial charge in [-0.1, -0.05) is 35.9 Å². The Bertz CT molecular complexity index is 1110. The second-order valence-electron chi connectivity index (χ2n) is 7.74. The van der Waals surface area contributed by atoms with Crippen LogP contribution < -0.4 is 4.90 Å². The first-order valence-electron chi connectivity index (χ1n) is 9.53. The molecule has 0 aliphatic carbocycles. The fourth-order valence-corrected chi connectivity index (χ4v) is 5.72. The van der Waals surface area contributed by atoms with Gasteiger partial charge in [-0.3, -0.25) is 0 Å². The van der Waals surface area contributed by atoms with E-state index in [1.165, 1.54) is 10.4 Å². The molecule has 6 nitrogen and oxygen atoms in total. The molecule has 0 bridgehead atoms. The molecular formula is C23H24N4O2S. The highest BCUT2D eigenvalue weighted by Gasteiger charge is 2.57. The Morgan fingerprint density at radius 3 is 2.13 bits per heavy atom. The maximum atomic E-state index is 13.6. The largest absolute Gasteiger partial charge is 0.378 e. The van der Waals surface area contributed by atoms with Gasteiger partial charge >= 0.3 is 0 Å². The summed E-state index contributed by atoms with van der Waals surface area (Å²) in [6, 6.07) is 16.5. The van der Waals surface area contributed by atoms with Crippen molar-refractivity contribution in [2.75, 3.05) is 19.0 Å². The van der Waals surface area contributed by atoms with Crippen molar-refractivity contribution in [1.29, 1.82) is 10.5 Å². The third-order valence-electron chi connectivity index (χ3n) is 5.57. The van der Waals surface area contributed by atoms with Gasteiger partial charge in [0.1, 0.15) is 0 Å². The Labute approximate surface area is 178 Å². The van der Waals surface area contributed by atoms with Crippen LogP contribution in [-0.2, 0) is 10.0 Å². The summed E-state index contributed by atoms with van der Waals surface area (Å²) in [4.78, 5) is 2.05. The maximum absolute atomic E-state index is 13.6. The topological polar surface area (TPSA) is 88.2 Å². The molecule has 0 saturated carbocycles. The van der Waals surface area contributed by atoms with Gasteiger partial charge < -0.3 is 4.90 Å². The van der Waals surface area contributed by atoms with Crippen molar-refractivity contribution in [2.24, 2.45) is 5.41 Å². The van der Waals surface area contributed by atoms with Crippen molar-refractivity contribution in [3.8, 4) is 12.1 Å². The van der Waals surface area contributed by atoms with Crippen molar-refractivity contribution in [3.63, 3.8) is 0 Å². The molecule has 2 atom stereocenters. The molecule has 0 radical (unpaired) electrons. The average Bonchev–Trinajstić information content (AvgIpc) is 3.10. The molecule has 0 aromatic heterocycles. The minimum atomic E-state index is -3.98. The second kappa shape index (κ2) is 7.95. The predicted molar refractivity (Wildman–Crippen MR) is 116 cm³/mol. The summed E-state index contributed by atoms with van der Waals surface area (Å²) in [6.07, 6.45) is 1.57. The number of nitriles is 2. The lowest BCUT2D eigenvalue weighted by atomic mass is 9.79. The zero-order valence-electron chi connectivity index (χ0n) is 17.3. The summed E-state index contributed by atoms with van der Waals surface area (Å²) < 4.78 is 28.6. The standard InChI is InChI=1S/C23H24N4O2S/c1-5-19-14-23(15-24,16-25)22(18-8-10-20(11-9-18)26(3)4)27(19)30(28,29)21-12-6-17(2)7-13-21/h5-13,19,22H,1,14H2,2-4H3. The smallest absolute Gasteiger partial charge is 0.244 e. The highest BCUT2D eigenvalue weighted by Crippen LogP contribution is 2.52. The van der Waals surface area contributed by atoms with Crippen molar-refractivity contribution in [2.45, 2.75) is 30.3 Å². The molecule has 1 saturated heterocycles. The molecule has 1 fully saturated rings. The zero-order chi connectivity index (χ0) is 22.1. The van der Waals surface area contributed by atoms with Crippen LogP contribution in [0.4, 0.5) is 5.69 Å². The van der Waals surface area contributed by atoms with Crippen LogP contribution in [0.2, 0.25) is 0 Å². The third-order valence-corrected chi connectivity index (χ3v) is 7.48. The molecule has 1 heterocycles. The molecule has 0 amide bonds. The zero-order valence-corrected chi connectivity index (χ0v) is 18.1. The molecule has 154 valence electrons. The number of hydrogen-bond donors (Lipinski definition) is 0. The van der Waals surface area contributed by atoms with E-state index >= 15 is 0 Å². The Hall–Kier alpha value is -3.13. The van der Waals surface area contributed by atoms with Crippen LogP contribution >= 0.6 is 0 Å². The van der Waals surface area contributed by atoms with E-state index in [1.54, 1.807) is 36.4 Å². The van der Waals surface area contributed by atoms with Crippen LogP contribution in [0.15, 0.2) is 66.1 Å². The van der Waals surface area contributed by atoms with Crippen LogP contribution in [-0.4, -0.2) is 32.9 Å². The van der Waals surface area contributed by atoms with Gasteiger partial charge in [0.15, 0.2) is 5.41 Å². The van der Waals surface area contributed by atoms with E-state index in [1.807, 2.05) is 38.1 Å². The number of anilines is 1. The molecule has 0 N–H and O–H groups in total. The normalized spacial score (nSPS) is 20.8.